The second kappa shape index (κ2) is 5.42. The standard InChI is InChI=1S/C20H29NO3/c1-19-11-10-17-15(16(19)9-7-14(19)12-21(23)24)8-6-13-4-3-5-18(22)20(13,17)2/h6,12,15-18,22H,3-5,7-11H2,1-2H3/b14-12-/t15-,16-,17-,18?,19+,20-/m0/s1. The summed E-state index contributed by atoms with van der Waals surface area (Å²) in [6, 6.07) is 0. The quantitative estimate of drug-likeness (QED) is 0.438. The number of hydrogen-bond acceptors (Lipinski definition) is 3. The molecule has 4 aliphatic rings. The molecule has 4 heteroatoms. The predicted molar refractivity (Wildman–Crippen MR) is 92.8 cm³/mol. The Balaban J connectivity index is 1.70. The maximum atomic E-state index is 11.0. The van der Waals surface area contributed by atoms with Crippen LogP contribution in [0.15, 0.2) is 23.4 Å². The van der Waals surface area contributed by atoms with Crippen LogP contribution in [0.3, 0.4) is 0 Å². The maximum absolute atomic E-state index is 11.0. The van der Waals surface area contributed by atoms with Gasteiger partial charge in [0.25, 0.3) is 0 Å². The molecular weight excluding hydrogens is 302 g/mol. The molecule has 24 heavy (non-hydrogen) atoms. The maximum Gasteiger partial charge on any atom is 0.234 e. The molecule has 0 aliphatic heterocycles. The molecule has 3 fully saturated rings. The summed E-state index contributed by atoms with van der Waals surface area (Å²) in [4.78, 5) is 10.8. The Morgan fingerprint density at radius 3 is 2.79 bits per heavy atom. The summed E-state index contributed by atoms with van der Waals surface area (Å²) in [6.45, 7) is 4.56. The van der Waals surface area contributed by atoms with Crippen LogP contribution in [-0.2, 0) is 0 Å². The van der Waals surface area contributed by atoms with Crippen molar-refractivity contribution in [1.29, 1.82) is 0 Å². The lowest BCUT2D eigenvalue weighted by molar-refractivity contribution is -0.404. The monoisotopic (exact) mass is 331 g/mol. The fourth-order valence-electron chi connectivity index (χ4n) is 6.90. The molecule has 0 aromatic rings. The normalized spacial score (nSPS) is 49.1. The van der Waals surface area contributed by atoms with E-state index < -0.39 is 0 Å². The van der Waals surface area contributed by atoms with Crippen molar-refractivity contribution in [2.45, 2.75) is 71.3 Å². The average molecular weight is 331 g/mol. The summed E-state index contributed by atoms with van der Waals surface area (Å²) in [5.74, 6) is 1.65. The minimum Gasteiger partial charge on any atom is -0.392 e. The highest BCUT2D eigenvalue weighted by molar-refractivity contribution is 5.29. The number of nitrogens with zero attached hydrogens (tertiary/aromatic N) is 1. The second-order valence-corrected chi connectivity index (χ2v) is 8.97. The first-order valence-electron chi connectivity index (χ1n) is 9.59. The minimum atomic E-state index is -0.264. The topological polar surface area (TPSA) is 63.4 Å². The lowest BCUT2D eigenvalue weighted by Crippen LogP contribution is -2.53. The van der Waals surface area contributed by atoms with Crippen molar-refractivity contribution >= 4 is 0 Å². The highest BCUT2D eigenvalue weighted by Crippen LogP contribution is 2.66. The van der Waals surface area contributed by atoms with E-state index >= 15 is 0 Å². The SMILES string of the molecule is C[C@]12CC[C@H]3[C@@H](CC=C4CCCC(O)[C@@]43C)[C@@H]1CC/C2=C/[N+](=O)[O-]. The van der Waals surface area contributed by atoms with E-state index in [9.17, 15) is 15.2 Å². The van der Waals surface area contributed by atoms with E-state index in [2.05, 4.69) is 19.9 Å². The van der Waals surface area contributed by atoms with Crippen LogP contribution in [0.4, 0.5) is 0 Å². The van der Waals surface area contributed by atoms with E-state index in [1.165, 1.54) is 11.8 Å². The Morgan fingerprint density at radius 2 is 2.04 bits per heavy atom. The number of allylic oxidation sites excluding steroid dienone is 2. The van der Waals surface area contributed by atoms with Crippen molar-refractivity contribution in [3.05, 3.63) is 33.5 Å². The molecule has 3 saturated carbocycles. The van der Waals surface area contributed by atoms with Gasteiger partial charge in [-0.15, -0.1) is 0 Å². The molecule has 0 spiro atoms. The van der Waals surface area contributed by atoms with Crippen molar-refractivity contribution in [2.75, 3.05) is 0 Å². The molecule has 4 aliphatic carbocycles. The van der Waals surface area contributed by atoms with Gasteiger partial charge in [-0.05, 0) is 74.5 Å². The van der Waals surface area contributed by atoms with Crippen molar-refractivity contribution in [3.63, 3.8) is 0 Å². The molecule has 4 nitrogen and oxygen atoms in total. The third kappa shape index (κ3) is 2.08. The van der Waals surface area contributed by atoms with Gasteiger partial charge < -0.3 is 5.11 Å². The molecule has 0 heterocycles. The Kier molecular flexibility index (Phi) is 3.68. The molecule has 132 valence electrons. The van der Waals surface area contributed by atoms with E-state index in [-0.39, 0.29) is 21.9 Å². The molecule has 6 atom stereocenters. The number of nitro groups is 1. The molecule has 0 aromatic heterocycles. The van der Waals surface area contributed by atoms with Crippen LogP contribution in [0.1, 0.15) is 65.2 Å². The van der Waals surface area contributed by atoms with Crippen molar-refractivity contribution in [2.24, 2.45) is 28.6 Å². The Bertz CT molecular complexity index is 624. The lowest BCUT2D eigenvalue weighted by Gasteiger charge is -2.58. The van der Waals surface area contributed by atoms with Gasteiger partial charge in [0.1, 0.15) is 0 Å². The first kappa shape index (κ1) is 16.3. The first-order chi connectivity index (χ1) is 11.4. The van der Waals surface area contributed by atoms with Crippen LogP contribution in [0, 0.1) is 38.7 Å². The molecule has 0 aromatic carbocycles. The summed E-state index contributed by atoms with van der Waals surface area (Å²) >= 11 is 0. The first-order valence-corrected chi connectivity index (χ1v) is 9.59. The number of rotatable bonds is 1. The van der Waals surface area contributed by atoms with Gasteiger partial charge in [-0.1, -0.05) is 25.5 Å². The van der Waals surface area contributed by atoms with Gasteiger partial charge in [0.2, 0.25) is 6.20 Å². The zero-order valence-corrected chi connectivity index (χ0v) is 14.8. The summed E-state index contributed by atoms with van der Waals surface area (Å²) < 4.78 is 0. The van der Waals surface area contributed by atoms with Crippen LogP contribution in [-0.4, -0.2) is 16.1 Å². The molecular formula is C20H29NO3. The van der Waals surface area contributed by atoms with E-state index in [0.29, 0.717) is 17.8 Å². The summed E-state index contributed by atoms with van der Waals surface area (Å²) in [5, 5.41) is 21.9. The summed E-state index contributed by atoms with van der Waals surface area (Å²) in [6.07, 6.45) is 11.9. The van der Waals surface area contributed by atoms with Crippen molar-refractivity contribution < 1.29 is 10.0 Å². The van der Waals surface area contributed by atoms with Crippen LogP contribution in [0.2, 0.25) is 0 Å². The molecule has 1 unspecified atom stereocenters. The van der Waals surface area contributed by atoms with Crippen LogP contribution in [0.5, 0.6) is 0 Å². The predicted octanol–water partition coefficient (Wildman–Crippen LogP) is 4.47. The highest BCUT2D eigenvalue weighted by atomic mass is 16.6. The summed E-state index contributed by atoms with van der Waals surface area (Å²) in [7, 11) is 0. The molecule has 0 bridgehead atoms. The number of hydrogen-bond donors (Lipinski definition) is 1. The molecule has 0 saturated heterocycles. The van der Waals surface area contributed by atoms with Gasteiger partial charge in [-0.3, -0.25) is 10.1 Å². The molecule has 4 rings (SSSR count). The van der Waals surface area contributed by atoms with Crippen LogP contribution < -0.4 is 0 Å². The smallest absolute Gasteiger partial charge is 0.234 e. The molecule has 1 N–H and O–H groups in total. The van der Waals surface area contributed by atoms with Crippen LogP contribution in [0.25, 0.3) is 0 Å². The van der Waals surface area contributed by atoms with Gasteiger partial charge in [0.15, 0.2) is 0 Å². The number of aliphatic hydroxyl groups is 1. The van der Waals surface area contributed by atoms with Crippen molar-refractivity contribution in [1.82, 2.24) is 0 Å². The van der Waals surface area contributed by atoms with Gasteiger partial charge in [-0.25, -0.2) is 0 Å². The Hall–Kier alpha value is -1.16. The van der Waals surface area contributed by atoms with Gasteiger partial charge in [-0.2, -0.15) is 0 Å². The van der Waals surface area contributed by atoms with E-state index in [1.807, 2.05) is 0 Å². The fraction of sp³-hybridized carbons (Fsp3) is 0.800. The van der Waals surface area contributed by atoms with E-state index in [0.717, 1.165) is 56.9 Å². The highest BCUT2D eigenvalue weighted by Gasteiger charge is 2.59. The average Bonchev–Trinajstić information content (AvgIpc) is 2.85. The fourth-order valence-corrected chi connectivity index (χ4v) is 6.90. The molecule has 0 radical (unpaired) electrons. The lowest BCUT2D eigenvalue weighted by atomic mass is 9.47. The summed E-state index contributed by atoms with van der Waals surface area (Å²) in [5.41, 5.74) is 2.48. The largest absolute Gasteiger partial charge is 0.392 e. The van der Waals surface area contributed by atoms with Gasteiger partial charge in [0, 0.05) is 11.0 Å². The Labute approximate surface area is 144 Å². The van der Waals surface area contributed by atoms with Gasteiger partial charge >= 0.3 is 0 Å². The zero-order chi connectivity index (χ0) is 17.1. The van der Waals surface area contributed by atoms with Crippen molar-refractivity contribution in [3.8, 4) is 0 Å². The van der Waals surface area contributed by atoms with E-state index in [4.69, 9.17) is 0 Å². The Morgan fingerprint density at radius 1 is 1.25 bits per heavy atom. The third-order valence-corrected chi connectivity index (χ3v) is 8.26. The van der Waals surface area contributed by atoms with Gasteiger partial charge in [0.05, 0.1) is 11.0 Å². The number of aliphatic hydroxyl groups excluding tert-OH is 1. The van der Waals surface area contributed by atoms with Crippen LogP contribution >= 0.6 is 0 Å². The molecule has 0 amide bonds. The third-order valence-electron chi connectivity index (χ3n) is 8.26. The van der Waals surface area contributed by atoms with E-state index in [1.54, 1.807) is 0 Å². The number of fused-ring (bicyclic) bond motifs is 5. The minimum absolute atomic E-state index is 0.00441. The second-order valence-electron chi connectivity index (χ2n) is 8.97. The zero-order valence-electron chi connectivity index (χ0n) is 14.8.